The van der Waals surface area contributed by atoms with E-state index in [1.807, 2.05) is 18.2 Å². The van der Waals surface area contributed by atoms with Gasteiger partial charge in [-0.3, -0.25) is 0 Å². The highest BCUT2D eigenvalue weighted by atomic mass is 16.6. The number of benzene rings is 1. The van der Waals surface area contributed by atoms with Gasteiger partial charge in [-0.15, -0.1) is 6.58 Å². The molecule has 0 heterocycles. The summed E-state index contributed by atoms with van der Waals surface area (Å²) in [7, 11) is 0. The van der Waals surface area contributed by atoms with Crippen LogP contribution in [0.2, 0.25) is 0 Å². The maximum absolute atomic E-state index is 9.67. The van der Waals surface area contributed by atoms with Crippen molar-refractivity contribution in [2.45, 2.75) is 19.1 Å². The highest BCUT2D eigenvalue weighted by Crippen LogP contribution is 2.18. The van der Waals surface area contributed by atoms with Crippen LogP contribution in [-0.4, -0.2) is 10.9 Å². The van der Waals surface area contributed by atoms with E-state index in [0.29, 0.717) is 12.2 Å². The van der Waals surface area contributed by atoms with Crippen molar-refractivity contribution < 1.29 is 9.84 Å². The molecule has 1 atom stereocenters. The van der Waals surface area contributed by atoms with E-state index in [-0.39, 0.29) is 0 Å². The average Bonchev–Trinajstić information content (AvgIpc) is 2.04. The SMILES string of the molecule is C=CC[C@](C)(O)Oc1ccccc1. The Balaban J connectivity index is 2.63. The van der Waals surface area contributed by atoms with Crippen LogP contribution >= 0.6 is 0 Å². The predicted molar refractivity (Wildman–Crippen MR) is 52.5 cm³/mol. The van der Waals surface area contributed by atoms with Gasteiger partial charge in [-0.25, -0.2) is 0 Å². The van der Waals surface area contributed by atoms with Gasteiger partial charge in [-0.1, -0.05) is 24.3 Å². The minimum atomic E-state index is -1.16. The van der Waals surface area contributed by atoms with Gasteiger partial charge >= 0.3 is 0 Å². The van der Waals surface area contributed by atoms with Gasteiger partial charge in [-0.05, 0) is 12.1 Å². The first-order valence-corrected chi connectivity index (χ1v) is 4.21. The fourth-order valence-electron chi connectivity index (χ4n) is 1.05. The second-order valence-corrected chi connectivity index (χ2v) is 3.08. The maximum Gasteiger partial charge on any atom is 0.208 e. The second-order valence-electron chi connectivity index (χ2n) is 3.08. The molecule has 1 N–H and O–H groups in total. The Kier molecular flexibility index (Phi) is 3.09. The van der Waals surface area contributed by atoms with Gasteiger partial charge < -0.3 is 9.84 Å². The third-order valence-corrected chi connectivity index (χ3v) is 1.60. The summed E-state index contributed by atoms with van der Waals surface area (Å²) in [5.74, 6) is -0.502. The molecule has 0 fully saturated rings. The number of ether oxygens (including phenoxy) is 1. The zero-order valence-corrected chi connectivity index (χ0v) is 7.73. The molecule has 2 heteroatoms. The number of aliphatic hydroxyl groups is 1. The van der Waals surface area contributed by atoms with Crippen molar-refractivity contribution in [2.75, 3.05) is 0 Å². The normalized spacial score (nSPS) is 14.6. The first-order chi connectivity index (χ1) is 6.14. The number of hydrogen-bond donors (Lipinski definition) is 1. The van der Waals surface area contributed by atoms with E-state index in [0.717, 1.165) is 0 Å². The maximum atomic E-state index is 9.67. The fourth-order valence-corrected chi connectivity index (χ4v) is 1.05. The van der Waals surface area contributed by atoms with Crippen LogP contribution in [0.5, 0.6) is 5.75 Å². The summed E-state index contributed by atoms with van der Waals surface area (Å²) in [5, 5.41) is 9.67. The molecule has 0 radical (unpaired) electrons. The molecule has 0 saturated heterocycles. The minimum absolute atomic E-state index is 0.405. The van der Waals surface area contributed by atoms with Gasteiger partial charge in [-0.2, -0.15) is 0 Å². The molecule has 0 amide bonds. The summed E-state index contributed by atoms with van der Waals surface area (Å²) < 4.78 is 5.33. The molecule has 0 aliphatic carbocycles. The molecule has 0 saturated carbocycles. The topological polar surface area (TPSA) is 29.5 Å². The third-order valence-electron chi connectivity index (χ3n) is 1.60. The van der Waals surface area contributed by atoms with Crippen molar-refractivity contribution in [2.24, 2.45) is 0 Å². The van der Waals surface area contributed by atoms with Crippen LogP contribution in [-0.2, 0) is 0 Å². The van der Waals surface area contributed by atoms with Crippen LogP contribution in [0.1, 0.15) is 13.3 Å². The molecule has 70 valence electrons. The Morgan fingerprint density at radius 1 is 1.46 bits per heavy atom. The Morgan fingerprint density at radius 2 is 2.08 bits per heavy atom. The summed E-state index contributed by atoms with van der Waals surface area (Å²) in [4.78, 5) is 0. The highest BCUT2D eigenvalue weighted by molar-refractivity contribution is 5.21. The van der Waals surface area contributed by atoms with Crippen molar-refractivity contribution >= 4 is 0 Å². The lowest BCUT2D eigenvalue weighted by atomic mass is 10.2. The lowest BCUT2D eigenvalue weighted by Gasteiger charge is -2.23. The first-order valence-electron chi connectivity index (χ1n) is 4.21. The molecule has 1 aromatic carbocycles. The van der Waals surface area contributed by atoms with E-state index in [2.05, 4.69) is 6.58 Å². The van der Waals surface area contributed by atoms with Gasteiger partial charge in [0, 0.05) is 13.3 Å². The lowest BCUT2D eigenvalue weighted by molar-refractivity contribution is -0.118. The van der Waals surface area contributed by atoms with Gasteiger partial charge in [0.25, 0.3) is 0 Å². The quantitative estimate of drug-likeness (QED) is 0.566. The van der Waals surface area contributed by atoms with Crippen LogP contribution in [0.4, 0.5) is 0 Å². The van der Waals surface area contributed by atoms with Crippen LogP contribution in [0.3, 0.4) is 0 Å². The van der Waals surface area contributed by atoms with Gasteiger partial charge in [0.2, 0.25) is 5.79 Å². The molecule has 0 aromatic heterocycles. The van der Waals surface area contributed by atoms with Crippen molar-refractivity contribution in [3.63, 3.8) is 0 Å². The Bertz CT molecular complexity index is 265. The molecule has 0 spiro atoms. The Morgan fingerprint density at radius 3 is 2.62 bits per heavy atom. The number of rotatable bonds is 4. The Hall–Kier alpha value is -1.28. The highest BCUT2D eigenvalue weighted by Gasteiger charge is 2.19. The van der Waals surface area contributed by atoms with Crippen molar-refractivity contribution in [3.8, 4) is 5.75 Å². The van der Waals surface area contributed by atoms with E-state index < -0.39 is 5.79 Å². The smallest absolute Gasteiger partial charge is 0.208 e. The fraction of sp³-hybridized carbons (Fsp3) is 0.273. The van der Waals surface area contributed by atoms with E-state index >= 15 is 0 Å². The largest absolute Gasteiger partial charge is 0.463 e. The Labute approximate surface area is 78.5 Å². The van der Waals surface area contributed by atoms with E-state index in [1.54, 1.807) is 25.1 Å². The van der Waals surface area contributed by atoms with Crippen molar-refractivity contribution in [1.29, 1.82) is 0 Å². The van der Waals surface area contributed by atoms with E-state index in [1.165, 1.54) is 0 Å². The molecule has 13 heavy (non-hydrogen) atoms. The molecule has 1 rings (SSSR count). The standard InChI is InChI=1S/C11H14O2/c1-3-9-11(2,12)13-10-7-5-4-6-8-10/h3-8,12H,1,9H2,2H3/t11-/m1/s1. The van der Waals surface area contributed by atoms with Crippen LogP contribution in [0, 0.1) is 0 Å². The van der Waals surface area contributed by atoms with Crippen LogP contribution in [0.25, 0.3) is 0 Å². The van der Waals surface area contributed by atoms with Crippen molar-refractivity contribution in [3.05, 3.63) is 43.0 Å². The number of para-hydroxylation sites is 1. The predicted octanol–water partition coefficient (Wildman–Crippen LogP) is 2.35. The summed E-state index contributed by atoms with van der Waals surface area (Å²) in [5.41, 5.74) is 0. The van der Waals surface area contributed by atoms with E-state index in [9.17, 15) is 5.11 Å². The first kappa shape index (κ1) is 9.81. The average molecular weight is 178 g/mol. The summed E-state index contributed by atoms with van der Waals surface area (Å²) in [6.45, 7) is 5.16. The van der Waals surface area contributed by atoms with Gasteiger partial charge in [0.1, 0.15) is 5.75 Å². The molecule has 0 bridgehead atoms. The monoisotopic (exact) mass is 178 g/mol. The van der Waals surface area contributed by atoms with E-state index in [4.69, 9.17) is 4.74 Å². The van der Waals surface area contributed by atoms with Crippen molar-refractivity contribution in [1.82, 2.24) is 0 Å². The van der Waals surface area contributed by atoms with Crippen LogP contribution in [0.15, 0.2) is 43.0 Å². The number of hydrogen-bond acceptors (Lipinski definition) is 2. The second kappa shape index (κ2) is 4.10. The molecule has 0 aliphatic heterocycles. The zero-order valence-electron chi connectivity index (χ0n) is 7.73. The molecule has 0 aliphatic rings. The molecular weight excluding hydrogens is 164 g/mol. The van der Waals surface area contributed by atoms with Crippen LogP contribution < -0.4 is 4.74 Å². The minimum Gasteiger partial charge on any atom is -0.463 e. The molecule has 1 aromatic rings. The zero-order chi connectivity index (χ0) is 9.73. The molecule has 2 nitrogen and oxygen atoms in total. The van der Waals surface area contributed by atoms with Gasteiger partial charge in [0.05, 0.1) is 0 Å². The lowest BCUT2D eigenvalue weighted by Crippen LogP contribution is -2.30. The summed E-state index contributed by atoms with van der Waals surface area (Å²) >= 11 is 0. The molecular formula is C11H14O2. The molecule has 0 unspecified atom stereocenters. The van der Waals surface area contributed by atoms with Gasteiger partial charge in [0.15, 0.2) is 0 Å². The summed E-state index contributed by atoms with van der Waals surface area (Å²) in [6.07, 6.45) is 2.03. The third kappa shape index (κ3) is 3.30. The summed E-state index contributed by atoms with van der Waals surface area (Å²) in [6, 6.07) is 9.23.